The van der Waals surface area contributed by atoms with Crippen LogP contribution < -0.4 is 5.32 Å². The Hall–Kier alpha value is -2.13. The van der Waals surface area contributed by atoms with E-state index in [1.807, 2.05) is 18.7 Å². The molecular formula is C20H30N4O4S. The van der Waals surface area contributed by atoms with Crippen molar-refractivity contribution >= 4 is 27.5 Å². The molecule has 2 fully saturated rings. The number of carbonyl (C=O) groups is 2. The summed E-state index contributed by atoms with van der Waals surface area (Å²) in [6.45, 7) is 6.06. The average Bonchev–Trinajstić information content (AvgIpc) is 3.53. The molecule has 1 saturated heterocycles. The molecule has 2 amide bonds. The quantitative estimate of drug-likeness (QED) is 0.740. The van der Waals surface area contributed by atoms with Gasteiger partial charge in [0.2, 0.25) is 21.8 Å². The first kappa shape index (κ1) is 21.6. The number of benzene rings is 1. The van der Waals surface area contributed by atoms with Gasteiger partial charge in [0.25, 0.3) is 0 Å². The van der Waals surface area contributed by atoms with Crippen LogP contribution in [0.25, 0.3) is 0 Å². The van der Waals surface area contributed by atoms with E-state index in [0.29, 0.717) is 31.9 Å². The zero-order valence-electron chi connectivity index (χ0n) is 17.6. The molecule has 0 spiro atoms. The van der Waals surface area contributed by atoms with Crippen LogP contribution in [0.1, 0.15) is 24.0 Å². The molecule has 1 aromatic carbocycles. The molecule has 29 heavy (non-hydrogen) atoms. The second kappa shape index (κ2) is 8.31. The van der Waals surface area contributed by atoms with Gasteiger partial charge in [-0.05, 0) is 49.9 Å². The molecule has 1 heterocycles. The highest BCUT2D eigenvalue weighted by atomic mass is 32.2. The fourth-order valence-electron chi connectivity index (χ4n) is 3.42. The SMILES string of the molecule is Cc1cc(S(=O)(=O)N(C)C)cc(NCC(=O)N2CCN(C(=O)C3CC3)CC2)c1C. The topological polar surface area (TPSA) is 90.0 Å². The van der Waals surface area contributed by atoms with Gasteiger partial charge in [-0.25, -0.2) is 12.7 Å². The minimum atomic E-state index is -3.55. The number of sulfonamides is 1. The lowest BCUT2D eigenvalue weighted by Crippen LogP contribution is -2.52. The molecule has 0 aromatic heterocycles. The maximum absolute atomic E-state index is 12.6. The van der Waals surface area contributed by atoms with Gasteiger partial charge in [0.05, 0.1) is 11.4 Å². The van der Waals surface area contributed by atoms with Crippen molar-refractivity contribution in [3.63, 3.8) is 0 Å². The number of amides is 2. The summed E-state index contributed by atoms with van der Waals surface area (Å²) < 4.78 is 26.1. The van der Waals surface area contributed by atoms with E-state index in [4.69, 9.17) is 0 Å². The van der Waals surface area contributed by atoms with Gasteiger partial charge < -0.3 is 15.1 Å². The number of carbonyl (C=O) groups excluding carboxylic acids is 2. The molecule has 0 radical (unpaired) electrons. The van der Waals surface area contributed by atoms with Gasteiger partial charge in [0, 0.05) is 51.9 Å². The fourth-order valence-corrected chi connectivity index (χ4v) is 4.43. The number of hydrogen-bond acceptors (Lipinski definition) is 5. The number of piperazine rings is 1. The number of nitrogens with zero attached hydrogens (tertiary/aromatic N) is 3. The van der Waals surface area contributed by atoms with Crippen LogP contribution in [-0.4, -0.2) is 81.2 Å². The zero-order chi connectivity index (χ0) is 21.3. The van der Waals surface area contributed by atoms with Gasteiger partial charge in [-0.3, -0.25) is 9.59 Å². The van der Waals surface area contributed by atoms with E-state index in [-0.39, 0.29) is 29.2 Å². The average molecular weight is 423 g/mol. The predicted molar refractivity (Wildman–Crippen MR) is 111 cm³/mol. The van der Waals surface area contributed by atoms with Gasteiger partial charge in [-0.1, -0.05) is 0 Å². The molecule has 1 saturated carbocycles. The monoisotopic (exact) mass is 422 g/mol. The Morgan fingerprint density at radius 2 is 1.66 bits per heavy atom. The largest absolute Gasteiger partial charge is 0.376 e. The molecule has 3 rings (SSSR count). The lowest BCUT2D eigenvalue weighted by molar-refractivity contribution is -0.139. The third-order valence-corrected chi connectivity index (χ3v) is 7.51. The van der Waals surface area contributed by atoms with Crippen molar-refractivity contribution in [2.24, 2.45) is 5.92 Å². The van der Waals surface area contributed by atoms with Crippen molar-refractivity contribution in [3.8, 4) is 0 Å². The standard InChI is InChI=1S/C20H30N4O4S/c1-14-11-17(29(27,28)22(3)4)12-18(15(14)2)21-13-19(25)23-7-9-24(10-8-23)20(26)16-5-6-16/h11-12,16,21H,5-10,13H2,1-4H3. The summed E-state index contributed by atoms with van der Waals surface area (Å²) in [5.41, 5.74) is 2.40. The Kier molecular flexibility index (Phi) is 6.19. The van der Waals surface area contributed by atoms with Gasteiger partial charge >= 0.3 is 0 Å². The molecule has 0 atom stereocenters. The van der Waals surface area contributed by atoms with Crippen molar-refractivity contribution in [1.29, 1.82) is 0 Å². The lowest BCUT2D eigenvalue weighted by Gasteiger charge is -2.35. The van der Waals surface area contributed by atoms with Crippen LogP contribution in [0, 0.1) is 19.8 Å². The molecule has 9 heteroatoms. The first-order valence-corrected chi connectivity index (χ1v) is 11.4. The number of anilines is 1. The summed E-state index contributed by atoms with van der Waals surface area (Å²) in [4.78, 5) is 28.6. The zero-order valence-corrected chi connectivity index (χ0v) is 18.4. The summed E-state index contributed by atoms with van der Waals surface area (Å²) >= 11 is 0. The highest BCUT2D eigenvalue weighted by Crippen LogP contribution is 2.31. The molecule has 0 unspecified atom stereocenters. The Morgan fingerprint density at radius 1 is 1.07 bits per heavy atom. The number of nitrogens with one attached hydrogen (secondary N) is 1. The number of rotatable bonds is 6. The second-order valence-electron chi connectivity index (χ2n) is 8.03. The minimum absolute atomic E-state index is 0.0542. The normalized spacial score (nSPS) is 17.6. The molecule has 1 aliphatic carbocycles. The van der Waals surface area contributed by atoms with Crippen LogP contribution in [0.3, 0.4) is 0 Å². The summed E-state index contributed by atoms with van der Waals surface area (Å²) in [5.74, 6) is 0.373. The van der Waals surface area contributed by atoms with Crippen LogP contribution in [0.5, 0.6) is 0 Å². The Bertz CT molecular complexity index is 901. The lowest BCUT2D eigenvalue weighted by atomic mass is 10.1. The first-order chi connectivity index (χ1) is 13.6. The molecule has 8 nitrogen and oxygen atoms in total. The fraction of sp³-hybridized carbons (Fsp3) is 0.600. The smallest absolute Gasteiger partial charge is 0.242 e. The maximum Gasteiger partial charge on any atom is 0.242 e. The van der Waals surface area contributed by atoms with Crippen molar-refractivity contribution in [2.45, 2.75) is 31.6 Å². The predicted octanol–water partition coefficient (Wildman–Crippen LogP) is 1.05. The van der Waals surface area contributed by atoms with Crippen molar-refractivity contribution in [2.75, 3.05) is 52.1 Å². The first-order valence-electron chi connectivity index (χ1n) is 9.95. The molecule has 0 bridgehead atoms. The van der Waals surface area contributed by atoms with Crippen molar-refractivity contribution in [1.82, 2.24) is 14.1 Å². The molecule has 1 aliphatic heterocycles. The summed E-state index contributed by atoms with van der Waals surface area (Å²) in [6.07, 6.45) is 1.98. The molecule has 2 aliphatic rings. The van der Waals surface area contributed by atoms with Crippen molar-refractivity contribution in [3.05, 3.63) is 23.3 Å². The molecule has 1 aromatic rings. The van der Waals surface area contributed by atoms with Crippen molar-refractivity contribution < 1.29 is 18.0 Å². The van der Waals surface area contributed by atoms with Crippen LogP contribution in [0.15, 0.2) is 17.0 Å². The molecule has 160 valence electrons. The van der Waals surface area contributed by atoms with Gasteiger partial charge in [0.1, 0.15) is 0 Å². The molecule has 1 N–H and O–H groups in total. The Morgan fingerprint density at radius 3 is 2.21 bits per heavy atom. The highest BCUT2D eigenvalue weighted by Gasteiger charge is 2.35. The maximum atomic E-state index is 12.6. The summed E-state index contributed by atoms with van der Waals surface area (Å²) in [6, 6.07) is 3.23. The summed E-state index contributed by atoms with van der Waals surface area (Å²) in [7, 11) is -0.564. The van der Waals surface area contributed by atoms with Gasteiger partial charge in [-0.2, -0.15) is 0 Å². The minimum Gasteiger partial charge on any atom is -0.376 e. The van der Waals surface area contributed by atoms with E-state index >= 15 is 0 Å². The van der Waals surface area contributed by atoms with E-state index in [1.165, 1.54) is 18.4 Å². The second-order valence-corrected chi connectivity index (χ2v) is 10.2. The number of hydrogen-bond donors (Lipinski definition) is 1. The van der Waals surface area contributed by atoms with E-state index < -0.39 is 10.0 Å². The summed E-state index contributed by atoms with van der Waals surface area (Å²) in [5, 5.41) is 3.11. The van der Waals surface area contributed by atoms with Gasteiger partial charge in [0.15, 0.2) is 0 Å². The third kappa shape index (κ3) is 4.72. The van der Waals surface area contributed by atoms with Crippen LogP contribution in [-0.2, 0) is 19.6 Å². The van der Waals surface area contributed by atoms with E-state index in [9.17, 15) is 18.0 Å². The Labute approximate surface area is 172 Å². The Balaban J connectivity index is 1.61. The highest BCUT2D eigenvalue weighted by molar-refractivity contribution is 7.89. The van der Waals surface area contributed by atoms with Crippen LogP contribution in [0.2, 0.25) is 0 Å². The third-order valence-electron chi connectivity index (χ3n) is 5.72. The van der Waals surface area contributed by atoms with Crippen LogP contribution >= 0.6 is 0 Å². The van der Waals surface area contributed by atoms with Gasteiger partial charge in [-0.15, -0.1) is 0 Å². The molecular weight excluding hydrogens is 392 g/mol. The van der Waals surface area contributed by atoms with Crippen LogP contribution in [0.4, 0.5) is 5.69 Å². The van der Waals surface area contributed by atoms with E-state index in [2.05, 4.69) is 5.32 Å². The number of aryl methyl sites for hydroxylation is 1. The van der Waals surface area contributed by atoms with E-state index in [0.717, 1.165) is 24.0 Å². The van der Waals surface area contributed by atoms with E-state index in [1.54, 1.807) is 17.0 Å².